The zero-order chi connectivity index (χ0) is 17.9. The number of nitrogens with zero attached hydrogens (tertiary/aromatic N) is 4. The Morgan fingerprint density at radius 1 is 1.23 bits per heavy atom. The highest BCUT2D eigenvalue weighted by atomic mass is 16.5. The van der Waals surface area contributed by atoms with E-state index in [1.807, 2.05) is 30.2 Å². The molecule has 2 aliphatic heterocycles. The largest absolute Gasteiger partial charge is 0.368 e. The number of hydrogen-bond acceptors (Lipinski definition) is 5. The van der Waals surface area contributed by atoms with Crippen molar-refractivity contribution in [2.24, 2.45) is 0 Å². The van der Waals surface area contributed by atoms with Gasteiger partial charge < -0.3 is 9.64 Å². The molecule has 1 amide bonds. The van der Waals surface area contributed by atoms with Crippen molar-refractivity contribution in [1.82, 2.24) is 19.9 Å². The number of piperidine rings is 1. The Kier molecular flexibility index (Phi) is 4.93. The molecule has 0 aliphatic carbocycles. The maximum Gasteiger partial charge on any atom is 0.251 e. The molecule has 0 aromatic carbocycles. The number of ether oxygens (including phenoxy) is 1. The molecule has 4 heterocycles. The number of aryl methyl sites for hydroxylation is 1. The molecule has 2 aromatic rings. The van der Waals surface area contributed by atoms with Gasteiger partial charge in [-0.05, 0) is 50.3 Å². The van der Waals surface area contributed by atoms with Gasteiger partial charge in [-0.3, -0.25) is 9.78 Å². The summed E-state index contributed by atoms with van der Waals surface area (Å²) in [6.07, 6.45) is 9.06. The first-order chi connectivity index (χ1) is 12.7. The number of hydrogen-bond donors (Lipinski definition) is 0. The molecule has 6 nitrogen and oxygen atoms in total. The minimum Gasteiger partial charge on any atom is -0.368 e. The molecule has 0 N–H and O–H groups in total. The number of carbonyl (C=O) groups is 1. The van der Waals surface area contributed by atoms with E-state index in [0.717, 1.165) is 54.9 Å². The van der Waals surface area contributed by atoms with Crippen LogP contribution in [0.5, 0.6) is 0 Å². The summed E-state index contributed by atoms with van der Waals surface area (Å²) in [7, 11) is 0. The van der Waals surface area contributed by atoms with Gasteiger partial charge in [-0.15, -0.1) is 0 Å². The lowest BCUT2D eigenvalue weighted by Gasteiger charge is -2.34. The van der Waals surface area contributed by atoms with Crippen molar-refractivity contribution in [2.75, 3.05) is 19.7 Å². The van der Waals surface area contributed by atoms with E-state index >= 15 is 0 Å². The maximum absolute atomic E-state index is 12.8. The lowest BCUT2D eigenvalue weighted by atomic mass is 9.90. The Hall–Kier alpha value is -2.34. The molecule has 136 valence electrons. The van der Waals surface area contributed by atoms with Crippen LogP contribution in [0.2, 0.25) is 0 Å². The second kappa shape index (κ2) is 7.50. The van der Waals surface area contributed by atoms with E-state index in [0.29, 0.717) is 13.2 Å². The maximum atomic E-state index is 12.8. The average molecular weight is 352 g/mol. The molecule has 2 aromatic heterocycles. The van der Waals surface area contributed by atoms with Gasteiger partial charge in [-0.25, -0.2) is 9.97 Å². The lowest BCUT2D eigenvalue weighted by Crippen LogP contribution is -2.44. The molecule has 4 rings (SSSR count). The summed E-state index contributed by atoms with van der Waals surface area (Å²) in [5, 5.41) is 0. The van der Waals surface area contributed by atoms with Crippen LogP contribution in [0.1, 0.15) is 43.1 Å². The normalized spacial score (nSPS) is 23.2. The van der Waals surface area contributed by atoms with Crippen molar-refractivity contribution in [3.8, 4) is 11.1 Å². The summed E-state index contributed by atoms with van der Waals surface area (Å²) in [4.78, 5) is 28.0. The molecule has 0 spiro atoms. The van der Waals surface area contributed by atoms with Gasteiger partial charge in [-0.1, -0.05) is 0 Å². The molecular weight excluding hydrogens is 328 g/mol. The molecule has 2 atom stereocenters. The van der Waals surface area contributed by atoms with Crippen molar-refractivity contribution < 1.29 is 9.53 Å². The second-order valence-electron chi connectivity index (χ2n) is 7.08. The highest BCUT2D eigenvalue weighted by Gasteiger charge is 2.33. The van der Waals surface area contributed by atoms with E-state index in [1.165, 1.54) is 0 Å². The molecule has 0 saturated carbocycles. The molecule has 2 aliphatic rings. The van der Waals surface area contributed by atoms with Crippen LogP contribution in [0, 0.1) is 6.92 Å². The molecule has 2 fully saturated rings. The molecular formula is C20H24N4O2. The Balaban J connectivity index is 1.60. The second-order valence-corrected chi connectivity index (χ2v) is 7.08. The quantitative estimate of drug-likeness (QED) is 0.850. The Morgan fingerprint density at radius 2 is 2.08 bits per heavy atom. The first-order valence-corrected chi connectivity index (χ1v) is 9.36. The van der Waals surface area contributed by atoms with E-state index in [1.54, 1.807) is 12.4 Å². The van der Waals surface area contributed by atoms with E-state index in [-0.39, 0.29) is 17.9 Å². The summed E-state index contributed by atoms with van der Waals surface area (Å²) in [5.41, 5.74) is 3.14. The fourth-order valence-corrected chi connectivity index (χ4v) is 3.93. The van der Waals surface area contributed by atoms with E-state index in [4.69, 9.17) is 9.72 Å². The van der Waals surface area contributed by atoms with Crippen LogP contribution in [0.25, 0.3) is 11.1 Å². The third-order valence-corrected chi connectivity index (χ3v) is 5.25. The van der Waals surface area contributed by atoms with Gasteiger partial charge >= 0.3 is 0 Å². The van der Waals surface area contributed by atoms with E-state index in [2.05, 4.69) is 9.97 Å². The van der Waals surface area contributed by atoms with Crippen molar-refractivity contribution >= 4 is 5.91 Å². The number of amides is 1. The zero-order valence-corrected chi connectivity index (χ0v) is 15.1. The van der Waals surface area contributed by atoms with Gasteiger partial charge in [0.15, 0.2) is 0 Å². The van der Waals surface area contributed by atoms with E-state index in [9.17, 15) is 4.79 Å². The van der Waals surface area contributed by atoms with Crippen molar-refractivity contribution in [3.05, 3.63) is 42.2 Å². The number of rotatable bonds is 3. The van der Waals surface area contributed by atoms with Crippen LogP contribution in [0.3, 0.4) is 0 Å². The highest BCUT2D eigenvalue weighted by molar-refractivity contribution is 5.81. The Bertz CT molecular complexity index is 775. The fraction of sp³-hybridized carbons (Fsp3) is 0.500. The predicted octanol–water partition coefficient (Wildman–Crippen LogP) is 2.73. The number of likely N-dealkylation sites (tertiary alicyclic amines) is 1. The van der Waals surface area contributed by atoms with Gasteiger partial charge in [0.05, 0.1) is 5.69 Å². The van der Waals surface area contributed by atoms with Crippen LogP contribution in [0.4, 0.5) is 0 Å². The monoisotopic (exact) mass is 352 g/mol. The average Bonchev–Trinajstić information content (AvgIpc) is 3.23. The van der Waals surface area contributed by atoms with Crippen LogP contribution >= 0.6 is 0 Å². The highest BCUT2D eigenvalue weighted by Crippen LogP contribution is 2.33. The van der Waals surface area contributed by atoms with Crippen LogP contribution in [-0.2, 0) is 9.53 Å². The first kappa shape index (κ1) is 17.1. The van der Waals surface area contributed by atoms with Crippen molar-refractivity contribution in [2.45, 2.75) is 44.6 Å². The fourth-order valence-electron chi connectivity index (χ4n) is 3.93. The molecule has 0 unspecified atom stereocenters. The van der Waals surface area contributed by atoms with E-state index < -0.39 is 0 Å². The topological polar surface area (TPSA) is 68.2 Å². The Labute approximate surface area is 153 Å². The van der Waals surface area contributed by atoms with Gasteiger partial charge in [0.25, 0.3) is 5.91 Å². The molecule has 0 bridgehead atoms. The number of pyridine rings is 1. The van der Waals surface area contributed by atoms with Crippen LogP contribution < -0.4 is 0 Å². The first-order valence-electron chi connectivity index (χ1n) is 9.36. The summed E-state index contributed by atoms with van der Waals surface area (Å²) in [6.45, 7) is 4.12. The molecule has 26 heavy (non-hydrogen) atoms. The number of aromatic nitrogens is 3. The summed E-state index contributed by atoms with van der Waals surface area (Å²) >= 11 is 0. The SMILES string of the molecule is Cc1ncc(-c2ccncc2)c([C@@H]2CCCN(C(=O)[C@@H]3CCCO3)C2)n1. The summed E-state index contributed by atoms with van der Waals surface area (Å²) in [6, 6.07) is 3.96. The van der Waals surface area contributed by atoms with Crippen molar-refractivity contribution in [1.29, 1.82) is 0 Å². The smallest absolute Gasteiger partial charge is 0.251 e. The summed E-state index contributed by atoms with van der Waals surface area (Å²) < 4.78 is 5.60. The minimum absolute atomic E-state index is 0.142. The number of carbonyl (C=O) groups excluding carboxylic acids is 1. The van der Waals surface area contributed by atoms with Gasteiger partial charge in [0.1, 0.15) is 11.9 Å². The predicted molar refractivity (Wildman–Crippen MR) is 97.5 cm³/mol. The third kappa shape index (κ3) is 3.46. The van der Waals surface area contributed by atoms with Crippen LogP contribution in [0.15, 0.2) is 30.7 Å². The standard InChI is InChI=1S/C20H24N4O2/c1-14-22-12-17(15-6-8-21-9-7-15)19(23-14)16-4-2-10-24(13-16)20(25)18-5-3-11-26-18/h6-9,12,16,18H,2-5,10-11,13H2,1H3/t16-,18+/m1/s1. The minimum atomic E-state index is -0.249. The molecule has 0 radical (unpaired) electrons. The third-order valence-electron chi connectivity index (χ3n) is 5.25. The van der Waals surface area contributed by atoms with Crippen molar-refractivity contribution in [3.63, 3.8) is 0 Å². The summed E-state index contributed by atoms with van der Waals surface area (Å²) in [5.74, 6) is 1.13. The van der Waals surface area contributed by atoms with Gasteiger partial charge in [-0.2, -0.15) is 0 Å². The van der Waals surface area contributed by atoms with Gasteiger partial charge in [0.2, 0.25) is 0 Å². The molecule has 2 saturated heterocycles. The Morgan fingerprint density at radius 3 is 2.85 bits per heavy atom. The molecule has 6 heteroatoms. The zero-order valence-electron chi connectivity index (χ0n) is 15.1. The van der Waals surface area contributed by atoms with Crippen LogP contribution in [-0.4, -0.2) is 51.6 Å². The lowest BCUT2D eigenvalue weighted by molar-refractivity contribution is -0.142. The van der Waals surface area contributed by atoms with Gasteiger partial charge in [0, 0.05) is 49.8 Å².